The van der Waals surface area contributed by atoms with Gasteiger partial charge >= 0.3 is 0 Å². The van der Waals surface area contributed by atoms with Crippen LogP contribution in [0.15, 0.2) is 24.4 Å². The maximum absolute atomic E-state index is 5.68. The van der Waals surface area contributed by atoms with Gasteiger partial charge in [0.15, 0.2) is 0 Å². The smallest absolute Gasteiger partial charge is 0.213 e. The number of piperidine rings is 1. The van der Waals surface area contributed by atoms with Crippen LogP contribution in [0.25, 0.3) is 0 Å². The van der Waals surface area contributed by atoms with Gasteiger partial charge < -0.3 is 10.1 Å². The lowest BCUT2D eigenvalue weighted by molar-refractivity contribution is 0.160. The number of hydrogen-bond donors (Lipinski definition) is 1. The van der Waals surface area contributed by atoms with Crippen molar-refractivity contribution in [2.75, 3.05) is 13.1 Å². The minimum atomic E-state index is 0.295. The predicted molar refractivity (Wildman–Crippen MR) is 50.8 cm³/mol. The third kappa shape index (κ3) is 2.42. The molecule has 70 valence electrons. The second kappa shape index (κ2) is 4.23. The Morgan fingerprint density at radius 3 is 3.15 bits per heavy atom. The summed E-state index contributed by atoms with van der Waals surface area (Å²) in [5.41, 5.74) is 0. The van der Waals surface area contributed by atoms with Gasteiger partial charge in [-0.25, -0.2) is 4.98 Å². The van der Waals surface area contributed by atoms with Crippen LogP contribution in [-0.4, -0.2) is 24.2 Å². The number of aromatic nitrogens is 1. The first-order chi connectivity index (χ1) is 6.45. The lowest BCUT2D eigenvalue weighted by Crippen LogP contribution is -2.37. The van der Waals surface area contributed by atoms with Gasteiger partial charge in [-0.15, -0.1) is 0 Å². The third-order valence-electron chi connectivity index (χ3n) is 2.18. The molecule has 1 aliphatic rings. The van der Waals surface area contributed by atoms with Crippen molar-refractivity contribution in [3.8, 4) is 5.88 Å². The molecular formula is C10H14N2O. The summed E-state index contributed by atoms with van der Waals surface area (Å²) in [6, 6.07) is 5.74. The predicted octanol–water partition coefficient (Wildman–Crippen LogP) is 1.21. The molecule has 0 bridgehead atoms. The molecule has 1 aromatic heterocycles. The Balaban J connectivity index is 1.90. The van der Waals surface area contributed by atoms with E-state index in [1.807, 2.05) is 18.2 Å². The molecule has 0 amide bonds. The standard InChI is InChI=1S/C10H14N2O/c1-2-7-12-10(5-1)13-9-4-3-6-11-8-9/h1-2,5,7,9,11H,3-4,6,8H2/t9-/m0/s1. The fraction of sp³-hybridized carbons (Fsp3) is 0.500. The number of rotatable bonds is 2. The summed E-state index contributed by atoms with van der Waals surface area (Å²) in [5, 5.41) is 3.30. The van der Waals surface area contributed by atoms with Gasteiger partial charge in [0.05, 0.1) is 0 Å². The third-order valence-corrected chi connectivity index (χ3v) is 2.18. The molecule has 1 atom stereocenters. The zero-order chi connectivity index (χ0) is 8.93. The zero-order valence-corrected chi connectivity index (χ0v) is 7.57. The maximum atomic E-state index is 5.68. The Labute approximate surface area is 78.1 Å². The van der Waals surface area contributed by atoms with Gasteiger partial charge in [0.1, 0.15) is 6.10 Å². The minimum absolute atomic E-state index is 0.295. The molecule has 0 spiro atoms. The highest BCUT2D eigenvalue weighted by molar-refractivity contribution is 5.09. The Kier molecular flexibility index (Phi) is 2.77. The fourth-order valence-corrected chi connectivity index (χ4v) is 1.51. The highest BCUT2D eigenvalue weighted by Crippen LogP contribution is 2.11. The fourth-order valence-electron chi connectivity index (χ4n) is 1.51. The average molecular weight is 178 g/mol. The van der Waals surface area contributed by atoms with Crippen molar-refractivity contribution >= 4 is 0 Å². The van der Waals surface area contributed by atoms with Crippen LogP contribution in [0, 0.1) is 0 Å². The largest absolute Gasteiger partial charge is 0.473 e. The molecule has 0 aliphatic carbocycles. The molecule has 0 aromatic carbocycles. The van der Waals surface area contributed by atoms with Crippen LogP contribution in [0.1, 0.15) is 12.8 Å². The number of nitrogens with zero attached hydrogens (tertiary/aromatic N) is 1. The van der Waals surface area contributed by atoms with Crippen LogP contribution in [0.3, 0.4) is 0 Å². The van der Waals surface area contributed by atoms with Gasteiger partial charge in [0, 0.05) is 18.8 Å². The summed E-state index contributed by atoms with van der Waals surface area (Å²) >= 11 is 0. The maximum Gasteiger partial charge on any atom is 0.213 e. The van der Waals surface area contributed by atoms with Crippen molar-refractivity contribution in [3.05, 3.63) is 24.4 Å². The van der Waals surface area contributed by atoms with Crippen LogP contribution in [0.4, 0.5) is 0 Å². The van der Waals surface area contributed by atoms with Gasteiger partial charge in [-0.2, -0.15) is 0 Å². The summed E-state index contributed by atoms with van der Waals surface area (Å²) in [6.07, 6.45) is 4.37. The molecule has 1 fully saturated rings. The van der Waals surface area contributed by atoms with Gasteiger partial charge in [0.2, 0.25) is 5.88 Å². The Morgan fingerprint density at radius 1 is 1.46 bits per heavy atom. The summed E-state index contributed by atoms with van der Waals surface area (Å²) in [7, 11) is 0. The number of nitrogens with one attached hydrogen (secondary N) is 1. The number of pyridine rings is 1. The first-order valence-corrected chi connectivity index (χ1v) is 4.73. The summed E-state index contributed by atoms with van der Waals surface area (Å²) in [4.78, 5) is 4.12. The molecule has 3 heteroatoms. The minimum Gasteiger partial charge on any atom is -0.473 e. The molecule has 0 unspecified atom stereocenters. The van der Waals surface area contributed by atoms with Crippen molar-refractivity contribution in [1.82, 2.24) is 10.3 Å². The highest BCUT2D eigenvalue weighted by Gasteiger charge is 2.14. The van der Waals surface area contributed by atoms with Crippen LogP contribution in [0.2, 0.25) is 0 Å². The normalized spacial score (nSPS) is 22.6. The first-order valence-electron chi connectivity index (χ1n) is 4.73. The summed E-state index contributed by atoms with van der Waals surface area (Å²) < 4.78 is 5.68. The van der Waals surface area contributed by atoms with Crippen molar-refractivity contribution in [1.29, 1.82) is 0 Å². The summed E-state index contributed by atoms with van der Waals surface area (Å²) in [6.45, 7) is 2.05. The van der Waals surface area contributed by atoms with E-state index in [4.69, 9.17) is 4.74 Å². The van der Waals surface area contributed by atoms with E-state index < -0.39 is 0 Å². The molecule has 1 aliphatic heterocycles. The van der Waals surface area contributed by atoms with Gasteiger partial charge in [0.25, 0.3) is 0 Å². The summed E-state index contributed by atoms with van der Waals surface area (Å²) in [5.74, 6) is 0.733. The Morgan fingerprint density at radius 2 is 2.46 bits per heavy atom. The molecule has 1 aromatic rings. The van der Waals surface area contributed by atoms with Crippen molar-refractivity contribution in [3.63, 3.8) is 0 Å². The average Bonchev–Trinajstić information content (AvgIpc) is 2.21. The molecule has 0 saturated carbocycles. The number of ether oxygens (including phenoxy) is 1. The second-order valence-electron chi connectivity index (χ2n) is 3.25. The highest BCUT2D eigenvalue weighted by atomic mass is 16.5. The van der Waals surface area contributed by atoms with E-state index in [0.717, 1.165) is 25.4 Å². The van der Waals surface area contributed by atoms with E-state index in [1.54, 1.807) is 6.20 Å². The SMILES string of the molecule is c1ccc(O[C@H]2CCCNC2)nc1. The molecule has 1 saturated heterocycles. The monoisotopic (exact) mass is 178 g/mol. The van der Waals surface area contributed by atoms with Crippen LogP contribution >= 0.6 is 0 Å². The van der Waals surface area contributed by atoms with Crippen LogP contribution in [0.5, 0.6) is 5.88 Å². The molecular weight excluding hydrogens is 164 g/mol. The van der Waals surface area contributed by atoms with Crippen molar-refractivity contribution in [2.24, 2.45) is 0 Å². The molecule has 2 heterocycles. The molecule has 0 radical (unpaired) electrons. The topological polar surface area (TPSA) is 34.1 Å². The van der Waals surface area contributed by atoms with E-state index in [1.165, 1.54) is 6.42 Å². The van der Waals surface area contributed by atoms with E-state index in [-0.39, 0.29) is 0 Å². The Bertz CT molecular complexity index is 244. The first kappa shape index (κ1) is 8.51. The van der Waals surface area contributed by atoms with E-state index in [9.17, 15) is 0 Å². The van der Waals surface area contributed by atoms with Gasteiger partial charge in [-0.1, -0.05) is 6.07 Å². The molecule has 1 N–H and O–H groups in total. The molecule has 2 rings (SSSR count). The van der Waals surface area contributed by atoms with E-state index in [2.05, 4.69) is 10.3 Å². The zero-order valence-electron chi connectivity index (χ0n) is 7.57. The van der Waals surface area contributed by atoms with Crippen molar-refractivity contribution < 1.29 is 4.74 Å². The van der Waals surface area contributed by atoms with Gasteiger partial charge in [-0.05, 0) is 25.5 Å². The van der Waals surface area contributed by atoms with Crippen LogP contribution < -0.4 is 10.1 Å². The van der Waals surface area contributed by atoms with Crippen molar-refractivity contribution in [2.45, 2.75) is 18.9 Å². The molecule has 3 nitrogen and oxygen atoms in total. The second-order valence-corrected chi connectivity index (χ2v) is 3.25. The Hall–Kier alpha value is -1.09. The lowest BCUT2D eigenvalue weighted by atomic mass is 10.1. The van der Waals surface area contributed by atoms with E-state index in [0.29, 0.717) is 6.10 Å². The number of hydrogen-bond acceptors (Lipinski definition) is 3. The van der Waals surface area contributed by atoms with E-state index >= 15 is 0 Å². The quantitative estimate of drug-likeness (QED) is 0.739. The van der Waals surface area contributed by atoms with Crippen LogP contribution in [-0.2, 0) is 0 Å². The molecule has 13 heavy (non-hydrogen) atoms. The van der Waals surface area contributed by atoms with Gasteiger partial charge in [-0.3, -0.25) is 0 Å². The lowest BCUT2D eigenvalue weighted by Gasteiger charge is -2.23.